The predicted molar refractivity (Wildman–Crippen MR) is 71.9 cm³/mol. The number of anilines is 1. The molecular weight excluding hydrogens is 252 g/mol. The largest absolute Gasteiger partial charge is 0.396 e. The number of hydrogen-bond acceptors (Lipinski definition) is 3. The average molecular weight is 269 g/mol. The van der Waals surface area contributed by atoms with Gasteiger partial charge in [-0.25, -0.2) is 0 Å². The van der Waals surface area contributed by atoms with Crippen LogP contribution < -0.4 is 4.90 Å². The van der Waals surface area contributed by atoms with Crippen LogP contribution in [0.2, 0.25) is 5.02 Å². The van der Waals surface area contributed by atoms with Crippen molar-refractivity contribution in [1.82, 2.24) is 4.90 Å². The topological polar surface area (TPSA) is 43.8 Å². The van der Waals surface area contributed by atoms with Gasteiger partial charge in [0.1, 0.15) is 6.04 Å². The van der Waals surface area contributed by atoms with E-state index < -0.39 is 0 Å². The first kappa shape index (κ1) is 13.2. The van der Waals surface area contributed by atoms with Gasteiger partial charge in [0.05, 0.1) is 10.7 Å². The fraction of sp³-hybridized carbons (Fsp3) is 0.462. The van der Waals surface area contributed by atoms with Gasteiger partial charge in [-0.3, -0.25) is 4.79 Å². The van der Waals surface area contributed by atoms with Gasteiger partial charge in [-0.2, -0.15) is 0 Å². The Bertz CT molecular complexity index is 439. The van der Waals surface area contributed by atoms with E-state index in [1.165, 1.54) is 0 Å². The first-order valence-electron chi connectivity index (χ1n) is 6.02. The highest BCUT2D eigenvalue weighted by molar-refractivity contribution is 6.33. The molecule has 2 rings (SSSR count). The Morgan fingerprint density at radius 3 is 2.78 bits per heavy atom. The highest BCUT2D eigenvalue weighted by Gasteiger charge is 2.33. The Hall–Kier alpha value is -1.26. The molecule has 1 N–H and O–H groups in total. The first-order chi connectivity index (χ1) is 8.65. The van der Waals surface area contributed by atoms with Gasteiger partial charge in [0.15, 0.2) is 0 Å². The van der Waals surface area contributed by atoms with Crippen molar-refractivity contribution in [1.29, 1.82) is 0 Å². The highest BCUT2D eigenvalue weighted by atomic mass is 35.5. The van der Waals surface area contributed by atoms with Crippen LogP contribution >= 0.6 is 11.6 Å². The van der Waals surface area contributed by atoms with Crippen molar-refractivity contribution < 1.29 is 9.90 Å². The molecule has 1 aliphatic rings. The molecule has 98 valence electrons. The number of carbonyl (C=O) groups excluding carboxylic acids is 1. The van der Waals surface area contributed by atoms with Gasteiger partial charge < -0.3 is 14.9 Å². The van der Waals surface area contributed by atoms with E-state index in [1.807, 2.05) is 29.2 Å². The molecule has 4 nitrogen and oxygen atoms in total. The van der Waals surface area contributed by atoms with Crippen molar-refractivity contribution in [3.8, 4) is 0 Å². The molecule has 0 bridgehead atoms. The summed E-state index contributed by atoms with van der Waals surface area (Å²) in [4.78, 5) is 15.8. The van der Waals surface area contributed by atoms with Crippen molar-refractivity contribution in [2.45, 2.75) is 12.5 Å². The Labute approximate surface area is 112 Å². The smallest absolute Gasteiger partial charge is 0.245 e. The molecule has 5 heteroatoms. The molecule has 1 aromatic carbocycles. The minimum Gasteiger partial charge on any atom is -0.396 e. The van der Waals surface area contributed by atoms with Gasteiger partial charge >= 0.3 is 0 Å². The minimum absolute atomic E-state index is 0.00873. The fourth-order valence-electron chi connectivity index (χ4n) is 2.29. The van der Waals surface area contributed by atoms with Gasteiger partial charge in [0, 0.05) is 26.7 Å². The summed E-state index contributed by atoms with van der Waals surface area (Å²) in [5.74, 6) is 0.0372. The van der Waals surface area contributed by atoms with Gasteiger partial charge in [0.2, 0.25) is 5.91 Å². The second-order valence-corrected chi connectivity index (χ2v) is 4.84. The minimum atomic E-state index is -0.325. The Morgan fingerprint density at radius 1 is 1.39 bits per heavy atom. The number of rotatable bonds is 3. The number of benzene rings is 1. The van der Waals surface area contributed by atoms with E-state index in [0.717, 1.165) is 12.2 Å². The molecule has 0 radical (unpaired) electrons. The molecule has 1 fully saturated rings. The normalized spacial score (nSPS) is 20.4. The maximum absolute atomic E-state index is 12.1. The molecular formula is C13H17ClN2O2. The number of amides is 1. The summed E-state index contributed by atoms with van der Waals surface area (Å²) in [6.45, 7) is 1.40. The Balaban J connectivity index is 2.30. The van der Waals surface area contributed by atoms with Crippen molar-refractivity contribution in [3.63, 3.8) is 0 Å². The molecule has 1 aliphatic heterocycles. The molecule has 0 aliphatic carbocycles. The summed E-state index contributed by atoms with van der Waals surface area (Å²) in [6, 6.07) is 7.17. The number of halogens is 1. The first-order valence-corrected chi connectivity index (χ1v) is 6.40. The van der Waals surface area contributed by atoms with Crippen molar-refractivity contribution in [2.24, 2.45) is 0 Å². The number of likely N-dealkylation sites (N-methyl/N-ethyl adjacent to an activating group) is 1. The molecule has 0 aromatic heterocycles. The van der Waals surface area contributed by atoms with Crippen LogP contribution in [0, 0.1) is 0 Å². The second kappa shape index (κ2) is 5.59. The third-order valence-corrected chi connectivity index (χ3v) is 3.60. The molecule has 1 saturated heterocycles. The summed E-state index contributed by atoms with van der Waals surface area (Å²) in [7, 11) is 1.79. The van der Waals surface area contributed by atoms with E-state index in [-0.39, 0.29) is 18.6 Å². The zero-order valence-electron chi connectivity index (χ0n) is 10.3. The van der Waals surface area contributed by atoms with Crippen molar-refractivity contribution in [2.75, 3.05) is 31.6 Å². The molecule has 0 saturated carbocycles. The van der Waals surface area contributed by atoms with Crippen LogP contribution in [0.5, 0.6) is 0 Å². The lowest BCUT2D eigenvalue weighted by atomic mass is 10.1. The molecule has 1 heterocycles. The fourth-order valence-corrected chi connectivity index (χ4v) is 2.53. The summed E-state index contributed by atoms with van der Waals surface area (Å²) < 4.78 is 0. The Morgan fingerprint density at radius 2 is 2.11 bits per heavy atom. The predicted octanol–water partition coefficient (Wildman–Crippen LogP) is 1.37. The number of nitrogens with zero attached hydrogens (tertiary/aromatic N) is 2. The molecule has 1 aromatic rings. The van der Waals surface area contributed by atoms with Crippen LogP contribution in [0.15, 0.2) is 24.3 Å². The van der Waals surface area contributed by atoms with E-state index in [0.29, 0.717) is 18.0 Å². The summed E-state index contributed by atoms with van der Waals surface area (Å²) in [6.07, 6.45) is 0.425. The van der Waals surface area contributed by atoms with Gasteiger partial charge in [-0.1, -0.05) is 23.7 Å². The maximum Gasteiger partial charge on any atom is 0.245 e. The number of para-hydroxylation sites is 1. The lowest BCUT2D eigenvalue weighted by Crippen LogP contribution is -2.56. The number of piperazine rings is 1. The van der Waals surface area contributed by atoms with Crippen LogP contribution in [0.4, 0.5) is 5.69 Å². The quantitative estimate of drug-likeness (QED) is 0.901. The van der Waals surface area contributed by atoms with Crippen LogP contribution in [-0.4, -0.2) is 48.7 Å². The molecule has 18 heavy (non-hydrogen) atoms. The number of carbonyl (C=O) groups is 1. The Kier molecular flexibility index (Phi) is 4.09. The number of hydrogen-bond donors (Lipinski definition) is 1. The maximum atomic E-state index is 12.1. The number of aliphatic hydroxyl groups excluding tert-OH is 1. The average Bonchev–Trinajstić information content (AvgIpc) is 2.37. The van der Waals surface area contributed by atoms with Gasteiger partial charge in [-0.05, 0) is 18.6 Å². The van der Waals surface area contributed by atoms with Crippen LogP contribution in [0.3, 0.4) is 0 Å². The van der Waals surface area contributed by atoms with Crippen molar-refractivity contribution >= 4 is 23.2 Å². The monoisotopic (exact) mass is 268 g/mol. The zero-order chi connectivity index (χ0) is 13.1. The second-order valence-electron chi connectivity index (χ2n) is 4.43. The number of aliphatic hydroxyl groups is 1. The lowest BCUT2D eigenvalue weighted by molar-refractivity contribution is -0.133. The van der Waals surface area contributed by atoms with Crippen LogP contribution in [-0.2, 0) is 4.79 Å². The van der Waals surface area contributed by atoms with Gasteiger partial charge in [0.25, 0.3) is 0 Å². The highest BCUT2D eigenvalue weighted by Crippen LogP contribution is 2.29. The van der Waals surface area contributed by atoms with E-state index in [4.69, 9.17) is 16.7 Å². The van der Waals surface area contributed by atoms with Crippen LogP contribution in [0.25, 0.3) is 0 Å². The molecule has 1 unspecified atom stereocenters. The summed E-state index contributed by atoms with van der Waals surface area (Å²) >= 11 is 6.18. The lowest BCUT2D eigenvalue weighted by Gasteiger charge is -2.40. The van der Waals surface area contributed by atoms with Crippen molar-refractivity contribution in [3.05, 3.63) is 29.3 Å². The third kappa shape index (κ3) is 2.44. The van der Waals surface area contributed by atoms with Crippen LogP contribution in [0.1, 0.15) is 6.42 Å². The van der Waals surface area contributed by atoms with E-state index in [9.17, 15) is 4.79 Å². The summed E-state index contributed by atoms with van der Waals surface area (Å²) in [5, 5.41) is 9.76. The van der Waals surface area contributed by atoms with E-state index >= 15 is 0 Å². The standard InChI is InChI=1S/C13H17ClN2O2/c1-15-7-8-16(12(6-9-17)13(15)18)11-5-3-2-4-10(11)14/h2-5,12,17H,6-9H2,1H3. The zero-order valence-corrected chi connectivity index (χ0v) is 11.1. The molecule has 0 spiro atoms. The molecule has 1 amide bonds. The van der Waals surface area contributed by atoms with E-state index in [2.05, 4.69) is 0 Å². The molecule has 1 atom stereocenters. The third-order valence-electron chi connectivity index (χ3n) is 3.28. The van der Waals surface area contributed by atoms with E-state index in [1.54, 1.807) is 11.9 Å². The SMILES string of the molecule is CN1CCN(c2ccccc2Cl)C(CCO)C1=O. The summed E-state index contributed by atoms with van der Waals surface area (Å²) in [5.41, 5.74) is 0.860. The van der Waals surface area contributed by atoms with Gasteiger partial charge in [-0.15, -0.1) is 0 Å².